The van der Waals surface area contributed by atoms with Gasteiger partial charge < -0.3 is 9.82 Å². The number of hydrogen-bond donors (Lipinski definition) is 1. The molecule has 2 rings (SSSR count). The Morgan fingerprint density at radius 2 is 1.67 bits per heavy atom. The van der Waals surface area contributed by atoms with Crippen molar-refractivity contribution in [2.45, 2.75) is 33.9 Å². The summed E-state index contributed by atoms with van der Waals surface area (Å²) in [6.45, 7) is 6.87. The molecule has 0 unspecified atom stereocenters. The highest BCUT2D eigenvalue weighted by Crippen LogP contribution is 2.30. The molecule has 1 heterocycles. The fourth-order valence-electron chi connectivity index (χ4n) is 2.27. The van der Waals surface area contributed by atoms with Crippen LogP contribution in [0, 0.1) is 20.8 Å². The molecule has 4 nitrogen and oxygen atoms in total. The molecular formula is C17H17F3N2O2. The molecule has 0 aliphatic rings. The number of alkyl halides is 3. The van der Waals surface area contributed by atoms with E-state index in [2.05, 4.69) is 10.1 Å². The Morgan fingerprint density at radius 3 is 2.21 bits per heavy atom. The third-order valence-electron chi connectivity index (χ3n) is 3.71. The van der Waals surface area contributed by atoms with Crippen molar-refractivity contribution in [1.82, 2.24) is 4.98 Å². The number of H-pyrrole nitrogens is 1. The molecule has 2 aromatic rings. The summed E-state index contributed by atoms with van der Waals surface area (Å²) < 4.78 is 37.5. The smallest absolute Gasteiger partial charge is 0.362 e. The predicted octanol–water partition coefficient (Wildman–Crippen LogP) is 4.12. The molecule has 1 aromatic heterocycles. The Bertz CT molecular complexity index is 835. The number of aromatic nitrogens is 1. The summed E-state index contributed by atoms with van der Waals surface area (Å²) in [5, 5.41) is 3.86. The number of aryl methyl sites for hydroxylation is 2. The van der Waals surface area contributed by atoms with Crippen LogP contribution in [0.1, 0.15) is 35.0 Å². The Labute approximate surface area is 137 Å². The summed E-state index contributed by atoms with van der Waals surface area (Å²) in [5.74, 6) is 0.153. The molecule has 0 saturated carbocycles. The summed E-state index contributed by atoms with van der Waals surface area (Å²) in [6, 6.07) is 4.18. The van der Waals surface area contributed by atoms with Gasteiger partial charge in [0.15, 0.2) is 11.2 Å². The van der Waals surface area contributed by atoms with Crippen LogP contribution in [0.3, 0.4) is 0 Å². The SMILES string of the molecule is CC(=NOc1ccc(C(F)(F)F)cc1)c1c(C)[nH]c(C)c(C)c1=O. The lowest BCUT2D eigenvalue weighted by Crippen LogP contribution is -2.21. The molecule has 0 radical (unpaired) electrons. The van der Waals surface area contributed by atoms with Crippen molar-refractivity contribution in [2.75, 3.05) is 0 Å². The maximum absolute atomic E-state index is 12.5. The third-order valence-corrected chi connectivity index (χ3v) is 3.71. The number of benzene rings is 1. The van der Waals surface area contributed by atoms with Gasteiger partial charge in [0.2, 0.25) is 0 Å². The zero-order valence-corrected chi connectivity index (χ0v) is 13.7. The van der Waals surface area contributed by atoms with Gasteiger partial charge in [0.1, 0.15) is 0 Å². The summed E-state index contributed by atoms with van der Waals surface area (Å²) in [6.07, 6.45) is -4.40. The van der Waals surface area contributed by atoms with E-state index in [0.717, 1.165) is 17.8 Å². The zero-order chi connectivity index (χ0) is 18.1. The Balaban J connectivity index is 2.27. The van der Waals surface area contributed by atoms with Crippen molar-refractivity contribution in [3.05, 3.63) is 62.6 Å². The Hall–Kier alpha value is -2.57. The molecule has 0 spiro atoms. The first-order chi connectivity index (χ1) is 11.1. The minimum Gasteiger partial charge on any atom is -0.362 e. The highest BCUT2D eigenvalue weighted by Gasteiger charge is 2.30. The van der Waals surface area contributed by atoms with E-state index in [0.29, 0.717) is 22.5 Å². The van der Waals surface area contributed by atoms with Crippen LogP contribution in [0.25, 0.3) is 0 Å². The van der Waals surface area contributed by atoms with Gasteiger partial charge in [-0.1, -0.05) is 5.16 Å². The molecule has 0 fully saturated rings. The van der Waals surface area contributed by atoms with Crippen molar-refractivity contribution < 1.29 is 18.0 Å². The second-order valence-corrected chi connectivity index (χ2v) is 5.49. The van der Waals surface area contributed by atoms with E-state index < -0.39 is 11.7 Å². The van der Waals surface area contributed by atoms with Crippen LogP contribution in [0.5, 0.6) is 5.75 Å². The van der Waals surface area contributed by atoms with Crippen LogP contribution in [-0.2, 0) is 6.18 Å². The number of rotatable bonds is 3. The Kier molecular flexibility index (Phi) is 4.82. The van der Waals surface area contributed by atoms with Crippen LogP contribution in [0.4, 0.5) is 13.2 Å². The lowest BCUT2D eigenvalue weighted by atomic mass is 10.1. The van der Waals surface area contributed by atoms with Gasteiger partial charge in [-0.15, -0.1) is 0 Å². The second-order valence-electron chi connectivity index (χ2n) is 5.49. The maximum Gasteiger partial charge on any atom is 0.416 e. The third kappa shape index (κ3) is 3.67. The molecule has 0 bridgehead atoms. The predicted molar refractivity (Wildman–Crippen MR) is 85.6 cm³/mol. The van der Waals surface area contributed by atoms with Gasteiger partial charge in [0.05, 0.1) is 16.8 Å². The van der Waals surface area contributed by atoms with Crippen molar-refractivity contribution >= 4 is 5.71 Å². The molecule has 0 aliphatic carbocycles. The quantitative estimate of drug-likeness (QED) is 0.676. The van der Waals surface area contributed by atoms with Gasteiger partial charge in [-0.2, -0.15) is 13.2 Å². The number of oxime groups is 1. The summed E-state index contributed by atoms with van der Waals surface area (Å²) >= 11 is 0. The molecule has 1 N–H and O–H groups in total. The maximum atomic E-state index is 12.5. The van der Waals surface area contributed by atoms with E-state index in [1.807, 2.05) is 0 Å². The van der Waals surface area contributed by atoms with Gasteiger partial charge in [-0.05, 0) is 52.0 Å². The monoisotopic (exact) mass is 338 g/mol. The summed E-state index contributed by atoms with van der Waals surface area (Å²) in [5.41, 5.74) is 1.83. The van der Waals surface area contributed by atoms with Crippen LogP contribution in [0.15, 0.2) is 34.2 Å². The molecule has 128 valence electrons. The molecule has 24 heavy (non-hydrogen) atoms. The minimum absolute atomic E-state index is 0.152. The average Bonchev–Trinajstić information content (AvgIpc) is 2.50. The van der Waals surface area contributed by atoms with Crippen molar-refractivity contribution in [3.8, 4) is 5.75 Å². The van der Waals surface area contributed by atoms with Crippen molar-refractivity contribution in [2.24, 2.45) is 5.16 Å². The fourth-order valence-corrected chi connectivity index (χ4v) is 2.27. The summed E-state index contributed by atoms with van der Waals surface area (Å²) in [4.78, 5) is 20.6. The molecule has 7 heteroatoms. The molecular weight excluding hydrogens is 321 g/mol. The number of pyridine rings is 1. The summed E-state index contributed by atoms with van der Waals surface area (Å²) in [7, 11) is 0. The number of nitrogens with one attached hydrogen (secondary N) is 1. The van der Waals surface area contributed by atoms with Crippen LogP contribution < -0.4 is 10.3 Å². The fraction of sp³-hybridized carbons (Fsp3) is 0.294. The first-order valence-electron chi connectivity index (χ1n) is 7.20. The molecule has 0 saturated heterocycles. The lowest BCUT2D eigenvalue weighted by molar-refractivity contribution is -0.137. The number of hydrogen-bond acceptors (Lipinski definition) is 3. The number of aromatic amines is 1. The van der Waals surface area contributed by atoms with Gasteiger partial charge in [-0.25, -0.2) is 0 Å². The highest BCUT2D eigenvalue weighted by molar-refractivity contribution is 5.99. The second kappa shape index (κ2) is 6.51. The first-order valence-corrected chi connectivity index (χ1v) is 7.20. The number of halogens is 3. The van der Waals surface area contributed by atoms with E-state index in [9.17, 15) is 18.0 Å². The molecule has 0 amide bonds. The van der Waals surface area contributed by atoms with Crippen molar-refractivity contribution in [1.29, 1.82) is 0 Å². The van der Waals surface area contributed by atoms with Crippen LogP contribution in [0.2, 0.25) is 0 Å². The number of nitrogens with zero attached hydrogens (tertiary/aromatic N) is 1. The average molecular weight is 338 g/mol. The largest absolute Gasteiger partial charge is 0.416 e. The van der Waals surface area contributed by atoms with E-state index in [4.69, 9.17) is 4.84 Å². The van der Waals surface area contributed by atoms with Crippen molar-refractivity contribution in [3.63, 3.8) is 0 Å². The van der Waals surface area contributed by atoms with Gasteiger partial charge in [0.25, 0.3) is 0 Å². The van der Waals surface area contributed by atoms with Gasteiger partial charge in [-0.3, -0.25) is 4.79 Å². The van der Waals surface area contributed by atoms with Gasteiger partial charge >= 0.3 is 6.18 Å². The van der Waals surface area contributed by atoms with E-state index in [-0.39, 0.29) is 11.2 Å². The van der Waals surface area contributed by atoms with Crippen LogP contribution in [-0.4, -0.2) is 10.7 Å². The van der Waals surface area contributed by atoms with E-state index in [1.165, 1.54) is 12.1 Å². The standard InChI is InChI=1S/C17H17F3N2O2/c1-9-10(2)21-11(3)15(16(9)23)12(4)22-24-14-7-5-13(6-8-14)17(18,19)20/h5-8H,1-4H3,(H,21,23). The van der Waals surface area contributed by atoms with Crippen LogP contribution >= 0.6 is 0 Å². The zero-order valence-electron chi connectivity index (χ0n) is 13.7. The first kappa shape index (κ1) is 17.8. The normalized spacial score (nSPS) is 12.4. The minimum atomic E-state index is -4.40. The van der Waals surface area contributed by atoms with E-state index in [1.54, 1.807) is 27.7 Å². The lowest BCUT2D eigenvalue weighted by Gasteiger charge is -2.09. The van der Waals surface area contributed by atoms with Gasteiger partial charge in [0, 0.05) is 17.0 Å². The molecule has 1 aromatic carbocycles. The molecule has 0 aliphatic heterocycles. The Morgan fingerprint density at radius 1 is 1.08 bits per heavy atom. The highest BCUT2D eigenvalue weighted by atomic mass is 19.4. The van der Waals surface area contributed by atoms with E-state index >= 15 is 0 Å². The molecule has 0 atom stereocenters. The topological polar surface area (TPSA) is 54.4 Å².